The van der Waals surface area contributed by atoms with E-state index in [1.54, 1.807) is 0 Å². The number of nitrogens with one attached hydrogen (secondary N) is 2. The molecule has 0 aliphatic rings. The van der Waals surface area contributed by atoms with Crippen LogP contribution in [0.2, 0.25) is 0 Å². The van der Waals surface area contributed by atoms with Gasteiger partial charge in [0, 0.05) is 30.1 Å². The van der Waals surface area contributed by atoms with Crippen LogP contribution in [0.3, 0.4) is 0 Å². The summed E-state index contributed by atoms with van der Waals surface area (Å²) in [5.74, 6) is 0.120. The molecule has 1 heterocycles. The van der Waals surface area contributed by atoms with Crippen LogP contribution in [0.5, 0.6) is 0 Å². The summed E-state index contributed by atoms with van der Waals surface area (Å²) < 4.78 is 0. The molecule has 0 fully saturated rings. The van der Waals surface area contributed by atoms with Crippen molar-refractivity contribution in [2.75, 3.05) is 0 Å². The van der Waals surface area contributed by atoms with Gasteiger partial charge in [0.05, 0.1) is 0 Å². The topological polar surface area (TPSA) is 44.9 Å². The molecule has 3 nitrogen and oxygen atoms in total. The van der Waals surface area contributed by atoms with Crippen molar-refractivity contribution in [2.45, 2.75) is 39.7 Å². The second-order valence-corrected chi connectivity index (χ2v) is 6.42. The van der Waals surface area contributed by atoms with Gasteiger partial charge in [0.1, 0.15) is 0 Å². The van der Waals surface area contributed by atoms with Crippen molar-refractivity contribution in [3.05, 3.63) is 70.9 Å². The van der Waals surface area contributed by atoms with Crippen molar-refractivity contribution in [3.8, 4) is 0 Å². The molecule has 3 rings (SSSR count). The standard InChI is InChI=1S/C21H24N2O/c1-15-10-11-17(16(2)12-15)13-23-21(24)9-5-6-18-14-22-20-8-4-3-7-19(18)20/h3-4,7-8,10-12,14,22H,5-6,9,13H2,1-2H3,(H,23,24). The van der Waals surface area contributed by atoms with Crippen molar-refractivity contribution >= 4 is 16.8 Å². The Kier molecular flexibility index (Phi) is 4.99. The Morgan fingerprint density at radius 1 is 1.08 bits per heavy atom. The quantitative estimate of drug-likeness (QED) is 0.693. The van der Waals surface area contributed by atoms with Gasteiger partial charge in [-0.05, 0) is 49.4 Å². The maximum absolute atomic E-state index is 12.1. The van der Waals surface area contributed by atoms with Crippen LogP contribution in [-0.4, -0.2) is 10.9 Å². The van der Waals surface area contributed by atoms with Crippen LogP contribution in [0.1, 0.15) is 35.1 Å². The number of rotatable bonds is 6. The molecule has 124 valence electrons. The SMILES string of the molecule is Cc1ccc(CNC(=O)CCCc2c[nH]c3ccccc23)c(C)c1. The first-order valence-corrected chi connectivity index (χ1v) is 8.51. The number of H-pyrrole nitrogens is 1. The number of aryl methyl sites for hydroxylation is 3. The molecule has 0 spiro atoms. The Morgan fingerprint density at radius 3 is 2.75 bits per heavy atom. The predicted molar refractivity (Wildman–Crippen MR) is 99.0 cm³/mol. The van der Waals surface area contributed by atoms with Crippen LogP contribution < -0.4 is 5.32 Å². The summed E-state index contributed by atoms with van der Waals surface area (Å²) in [6.45, 7) is 4.78. The zero-order valence-electron chi connectivity index (χ0n) is 14.4. The highest BCUT2D eigenvalue weighted by Gasteiger charge is 2.06. The van der Waals surface area contributed by atoms with Crippen LogP contribution in [-0.2, 0) is 17.8 Å². The zero-order valence-corrected chi connectivity index (χ0v) is 14.4. The lowest BCUT2D eigenvalue weighted by Crippen LogP contribution is -2.22. The van der Waals surface area contributed by atoms with Gasteiger partial charge < -0.3 is 10.3 Å². The number of hydrogen-bond donors (Lipinski definition) is 2. The molecule has 1 aromatic heterocycles. The van der Waals surface area contributed by atoms with Crippen molar-refractivity contribution < 1.29 is 4.79 Å². The highest BCUT2D eigenvalue weighted by atomic mass is 16.1. The average Bonchev–Trinajstić information content (AvgIpc) is 2.97. The van der Waals surface area contributed by atoms with Gasteiger partial charge >= 0.3 is 0 Å². The van der Waals surface area contributed by atoms with Crippen LogP contribution >= 0.6 is 0 Å². The minimum absolute atomic E-state index is 0.120. The van der Waals surface area contributed by atoms with E-state index in [1.807, 2.05) is 6.07 Å². The van der Waals surface area contributed by atoms with E-state index >= 15 is 0 Å². The molecule has 0 unspecified atom stereocenters. The number of amides is 1. The average molecular weight is 320 g/mol. The first-order chi connectivity index (χ1) is 11.6. The minimum Gasteiger partial charge on any atom is -0.361 e. The third-order valence-electron chi connectivity index (χ3n) is 4.50. The van der Waals surface area contributed by atoms with E-state index < -0.39 is 0 Å². The molecule has 0 atom stereocenters. The van der Waals surface area contributed by atoms with Gasteiger partial charge in [0.2, 0.25) is 5.91 Å². The molecule has 2 N–H and O–H groups in total. The molecule has 0 saturated heterocycles. The van der Waals surface area contributed by atoms with Gasteiger partial charge in [0.25, 0.3) is 0 Å². The Labute approximate surface area is 143 Å². The van der Waals surface area contributed by atoms with E-state index in [4.69, 9.17) is 0 Å². The fourth-order valence-electron chi connectivity index (χ4n) is 3.10. The van der Waals surface area contributed by atoms with Gasteiger partial charge in [-0.3, -0.25) is 4.79 Å². The van der Waals surface area contributed by atoms with Crippen molar-refractivity contribution in [2.24, 2.45) is 0 Å². The number of carbonyl (C=O) groups excluding carboxylic acids is 1. The summed E-state index contributed by atoms with van der Waals surface area (Å²) in [6, 6.07) is 14.6. The summed E-state index contributed by atoms with van der Waals surface area (Å²) in [7, 11) is 0. The van der Waals surface area contributed by atoms with Crippen molar-refractivity contribution in [1.29, 1.82) is 0 Å². The maximum atomic E-state index is 12.1. The largest absolute Gasteiger partial charge is 0.361 e. The first kappa shape index (κ1) is 16.3. The number of carbonyl (C=O) groups is 1. The second kappa shape index (κ2) is 7.35. The maximum Gasteiger partial charge on any atom is 0.220 e. The Hall–Kier alpha value is -2.55. The summed E-state index contributed by atoms with van der Waals surface area (Å²) in [6.07, 6.45) is 4.39. The Bertz CT molecular complexity index is 848. The third-order valence-corrected chi connectivity index (χ3v) is 4.50. The van der Waals surface area contributed by atoms with E-state index in [0.717, 1.165) is 18.4 Å². The number of benzene rings is 2. The summed E-state index contributed by atoms with van der Waals surface area (Å²) >= 11 is 0. The number of aromatic nitrogens is 1. The lowest BCUT2D eigenvalue weighted by Gasteiger charge is -2.09. The summed E-state index contributed by atoms with van der Waals surface area (Å²) in [4.78, 5) is 15.4. The molecule has 3 heteroatoms. The number of fused-ring (bicyclic) bond motifs is 1. The molecule has 0 aliphatic carbocycles. The van der Waals surface area contributed by atoms with Crippen LogP contribution in [0.25, 0.3) is 10.9 Å². The molecule has 1 amide bonds. The van der Waals surface area contributed by atoms with E-state index in [0.29, 0.717) is 13.0 Å². The minimum atomic E-state index is 0.120. The van der Waals surface area contributed by atoms with E-state index in [2.05, 4.69) is 66.7 Å². The van der Waals surface area contributed by atoms with Gasteiger partial charge in [-0.15, -0.1) is 0 Å². The lowest BCUT2D eigenvalue weighted by molar-refractivity contribution is -0.121. The van der Waals surface area contributed by atoms with Gasteiger partial charge in [-0.1, -0.05) is 42.0 Å². The molecule has 3 aromatic rings. The smallest absolute Gasteiger partial charge is 0.220 e. The number of para-hydroxylation sites is 1. The first-order valence-electron chi connectivity index (χ1n) is 8.51. The summed E-state index contributed by atoms with van der Waals surface area (Å²) in [5, 5.41) is 4.29. The van der Waals surface area contributed by atoms with E-state index in [-0.39, 0.29) is 5.91 Å². The normalized spacial score (nSPS) is 10.9. The molecule has 0 radical (unpaired) electrons. The number of aromatic amines is 1. The predicted octanol–water partition coefficient (Wildman–Crippen LogP) is 4.42. The zero-order chi connectivity index (χ0) is 16.9. The van der Waals surface area contributed by atoms with E-state index in [1.165, 1.54) is 27.6 Å². The monoisotopic (exact) mass is 320 g/mol. The van der Waals surface area contributed by atoms with Crippen LogP contribution in [0, 0.1) is 13.8 Å². The van der Waals surface area contributed by atoms with Crippen LogP contribution in [0.15, 0.2) is 48.7 Å². The van der Waals surface area contributed by atoms with E-state index in [9.17, 15) is 4.79 Å². The second-order valence-electron chi connectivity index (χ2n) is 6.42. The molecule has 0 bridgehead atoms. The van der Waals surface area contributed by atoms with Gasteiger partial charge in [-0.2, -0.15) is 0 Å². The number of hydrogen-bond acceptors (Lipinski definition) is 1. The molecular formula is C21H24N2O. The van der Waals surface area contributed by atoms with Crippen LogP contribution in [0.4, 0.5) is 0 Å². The third kappa shape index (κ3) is 3.85. The van der Waals surface area contributed by atoms with Gasteiger partial charge in [0.15, 0.2) is 0 Å². The Balaban J connectivity index is 1.47. The Morgan fingerprint density at radius 2 is 1.92 bits per heavy atom. The molecular weight excluding hydrogens is 296 g/mol. The lowest BCUT2D eigenvalue weighted by atomic mass is 10.1. The molecule has 24 heavy (non-hydrogen) atoms. The van der Waals surface area contributed by atoms with Crippen molar-refractivity contribution in [3.63, 3.8) is 0 Å². The van der Waals surface area contributed by atoms with Crippen molar-refractivity contribution in [1.82, 2.24) is 10.3 Å². The highest BCUT2D eigenvalue weighted by Crippen LogP contribution is 2.19. The molecule has 2 aromatic carbocycles. The molecule has 0 aliphatic heterocycles. The van der Waals surface area contributed by atoms with Gasteiger partial charge in [-0.25, -0.2) is 0 Å². The fourth-order valence-corrected chi connectivity index (χ4v) is 3.10. The highest BCUT2D eigenvalue weighted by molar-refractivity contribution is 5.83. The fraction of sp³-hybridized carbons (Fsp3) is 0.286. The summed E-state index contributed by atoms with van der Waals surface area (Å²) in [5.41, 5.74) is 6.11. The molecule has 0 saturated carbocycles.